The fourth-order valence-corrected chi connectivity index (χ4v) is 2.79. The summed E-state index contributed by atoms with van der Waals surface area (Å²) >= 11 is 0. The topological polar surface area (TPSA) is 46.2 Å². The second-order valence-electron chi connectivity index (χ2n) is 4.93. The number of anilines is 1. The first kappa shape index (κ1) is 15.5. The number of benzene rings is 2. The van der Waals surface area contributed by atoms with Crippen LogP contribution in [0.25, 0.3) is 0 Å². The minimum absolute atomic E-state index is 0.0736. The summed E-state index contributed by atoms with van der Waals surface area (Å²) in [6.45, 7) is 1.99. The van der Waals surface area contributed by atoms with Crippen LogP contribution in [0.2, 0.25) is 0 Å². The Labute approximate surface area is 124 Å². The summed E-state index contributed by atoms with van der Waals surface area (Å²) in [6, 6.07) is 13.4. The van der Waals surface area contributed by atoms with E-state index >= 15 is 0 Å². The van der Waals surface area contributed by atoms with Crippen LogP contribution in [-0.4, -0.2) is 14.7 Å². The van der Waals surface area contributed by atoms with Crippen LogP contribution in [0.4, 0.5) is 10.1 Å². The smallest absolute Gasteiger partial charge is 0.175 e. The van der Waals surface area contributed by atoms with Crippen molar-refractivity contribution in [2.24, 2.45) is 0 Å². The molecule has 0 radical (unpaired) electrons. The zero-order valence-electron chi connectivity index (χ0n) is 12.0. The van der Waals surface area contributed by atoms with Crippen LogP contribution in [0.1, 0.15) is 24.9 Å². The Balaban J connectivity index is 2.34. The highest BCUT2D eigenvalue weighted by molar-refractivity contribution is 7.90. The van der Waals surface area contributed by atoms with Crippen LogP contribution in [0.15, 0.2) is 53.4 Å². The summed E-state index contributed by atoms with van der Waals surface area (Å²) in [7, 11) is -3.36. The molecule has 5 heteroatoms. The molecule has 1 unspecified atom stereocenters. The summed E-state index contributed by atoms with van der Waals surface area (Å²) in [5.74, 6) is -0.461. The maximum atomic E-state index is 13.9. The largest absolute Gasteiger partial charge is 0.376 e. The molecule has 0 spiro atoms. The molecule has 3 nitrogen and oxygen atoms in total. The highest BCUT2D eigenvalue weighted by atomic mass is 32.2. The molecule has 0 heterocycles. The van der Waals surface area contributed by atoms with E-state index in [9.17, 15) is 12.8 Å². The lowest BCUT2D eigenvalue weighted by Gasteiger charge is -2.19. The van der Waals surface area contributed by atoms with Gasteiger partial charge < -0.3 is 5.32 Å². The predicted molar refractivity (Wildman–Crippen MR) is 82.6 cm³/mol. The maximum Gasteiger partial charge on any atom is 0.175 e. The molecule has 2 aromatic carbocycles. The molecule has 0 aliphatic heterocycles. The highest BCUT2D eigenvalue weighted by Gasteiger charge is 2.14. The second kappa shape index (κ2) is 6.26. The van der Waals surface area contributed by atoms with Crippen molar-refractivity contribution in [1.29, 1.82) is 0 Å². The Bertz CT molecular complexity index is 714. The monoisotopic (exact) mass is 307 g/mol. The van der Waals surface area contributed by atoms with Crippen molar-refractivity contribution >= 4 is 15.5 Å². The number of sulfone groups is 1. The van der Waals surface area contributed by atoms with Gasteiger partial charge in [-0.3, -0.25) is 0 Å². The van der Waals surface area contributed by atoms with E-state index in [1.807, 2.05) is 37.3 Å². The predicted octanol–water partition coefficient (Wildman–Crippen LogP) is 3.79. The van der Waals surface area contributed by atoms with E-state index in [0.29, 0.717) is 0 Å². The number of hydrogen-bond donors (Lipinski definition) is 1. The quantitative estimate of drug-likeness (QED) is 0.855. The van der Waals surface area contributed by atoms with Gasteiger partial charge in [0.2, 0.25) is 0 Å². The zero-order valence-corrected chi connectivity index (χ0v) is 12.8. The first-order chi connectivity index (χ1) is 9.91. The van der Waals surface area contributed by atoms with E-state index in [1.165, 1.54) is 18.2 Å². The maximum absolute atomic E-state index is 13.9. The minimum atomic E-state index is -3.36. The van der Waals surface area contributed by atoms with Crippen molar-refractivity contribution in [3.8, 4) is 0 Å². The Hall–Kier alpha value is -1.88. The summed E-state index contributed by atoms with van der Waals surface area (Å²) in [5.41, 5.74) is 1.23. The molecule has 2 rings (SSSR count). The van der Waals surface area contributed by atoms with Gasteiger partial charge in [-0.15, -0.1) is 0 Å². The van der Waals surface area contributed by atoms with Crippen LogP contribution in [0, 0.1) is 5.82 Å². The van der Waals surface area contributed by atoms with Gasteiger partial charge in [-0.2, -0.15) is 0 Å². The lowest BCUT2D eigenvalue weighted by Crippen LogP contribution is -2.11. The average molecular weight is 307 g/mol. The lowest BCUT2D eigenvalue weighted by atomic mass is 10.0. The van der Waals surface area contributed by atoms with E-state index in [2.05, 4.69) is 5.32 Å². The summed E-state index contributed by atoms with van der Waals surface area (Å²) < 4.78 is 37.1. The van der Waals surface area contributed by atoms with Crippen molar-refractivity contribution in [3.63, 3.8) is 0 Å². The van der Waals surface area contributed by atoms with Crippen molar-refractivity contribution in [2.45, 2.75) is 24.3 Å². The number of rotatable bonds is 5. The van der Waals surface area contributed by atoms with Crippen molar-refractivity contribution < 1.29 is 12.8 Å². The van der Waals surface area contributed by atoms with Crippen LogP contribution >= 0.6 is 0 Å². The van der Waals surface area contributed by atoms with Crippen molar-refractivity contribution in [1.82, 2.24) is 0 Å². The Kier molecular flexibility index (Phi) is 4.63. The first-order valence-corrected chi connectivity index (χ1v) is 8.62. The fourth-order valence-electron chi connectivity index (χ4n) is 2.14. The van der Waals surface area contributed by atoms with Crippen molar-refractivity contribution in [2.75, 3.05) is 11.6 Å². The first-order valence-electron chi connectivity index (χ1n) is 6.73. The molecule has 0 amide bonds. The molecule has 0 bridgehead atoms. The molecule has 1 N–H and O–H groups in total. The van der Waals surface area contributed by atoms with Gasteiger partial charge in [-0.05, 0) is 30.2 Å². The second-order valence-corrected chi connectivity index (χ2v) is 6.95. The van der Waals surface area contributed by atoms with Crippen LogP contribution < -0.4 is 5.32 Å². The van der Waals surface area contributed by atoms with Gasteiger partial charge in [0.1, 0.15) is 5.82 Å². The average Bonchev–Trinajstić information content (AvgIpc) is 2.46. The third-order valence-electron chi connectivity index (χ3n) is 3.31. The molecule has 0 saturated carbocycles. The molecule has 0 aromatic heterocycles. The normalized spacial score (nSPS) is 12.9. The van der Waals surface area contributed by atoms with Crippen LogP contribution in [-0.2, 0) is 9.84 Å². The van der Waals surface area contributed by atoms with Gasteiger partial charge in [0.25, 0.3) is 0 Å². The van der Waals surface area contributed by atoms with Gasteiger partial charge in [0.05, 0.1) is 16.6 Å². The summed E-state index contributed by atoms with van der Waals surface area (Å²) in [6.07, 6.45) is 1.87. The molecule has 2 aromatic rings. The van der Waals surface area contributed by atoms with Gasteiger partial charge in [0.15, 0.2) is 9.84 Å². The molecule has 21 heavy (non-hydrogen) atoms. The molecule has 112 valence electrons. The molecular formula is C16H18FNO2S. The summed E-state index contributed by atoms with van der Waals surface area (Å²) in [5, 5.41) is 3.09. The van der Waals surface area contributed by atoms with Gasteiger partial charge >= 0.3 is 0 Å². The molecular weight excluding hydrogens is 289 g/mol. The SMILES string of the molecule is CCC(Nc1cc(S(C)(=O)=O)ccc1F)c1ccccc1. The number of halogens is 1. The molecule has 0 aliphatic carbocycles. The third kappa shape index (κ3) is 3.82. The minimum Gasteiger partial charge on any atom is -0.376 e. The van der Waals surface area contributed by atoms with Gasteiger partial charge in [-0.1, -0.05) is 37.3 Å². The Morgan fingerprint density at radius 2 is 1.81 bits per heavy atom. The lowest BCUT2D eigenvalue weighted by molar-refractivity contribution is 0.600. The third-order valence-corrected chi connectivity index (χ3v) is 4.42. The molecule has 0 fully saturated rings. The van der Waals surface area contributed by atoms with E-state index in [-0.39, 0.29) is 16.6 Å². The van der Waals surface area contributed by atoms with E-state index < -0.39 is 15.7 Å². The van der Waals surface area contributed by atoms with E-state index in [0.717, 1.165) is 18.2 Å². The number of hydrogen-bond acceptors (Lipinski definition) is 3. The molecule has 0 aliphatic rings. The van der Waals surface area contributed by atoms with Crippen LogP contribution in [0.5, 0.6) is 0 Å². The van der Waals surface area contributed by atoms with Crippen molar-refractivity contribution in [3.05, 3.63) is 59.9 Å². The zero-order chi connectivity index (χ0) is 15.5. The standard InChI is InChI=1S/C16H18FNO2S/c1-3-15(12-7-5-4-6-8-12)18-16-11-13(21(2,19)20)9-10-14(16)17/h4-11,15,18H,3H2,1-2H3. The number of nitrogens with one attached hydrogen (secondary N) is 1. The van der Waals surface area contributed by atoms with Gasteiger partial charge in [-0.25, -0.2) is 12.8 Å². The van der Waals surface area contributed by atoms with E-state index in [1.54, 1.807) is 0 Å². The highest BCUT2D eigenvalue weighted by Crippen LogP contribution is 2.26. The Morgan fingerprint density at radius 1 is 1.14 bits per heavy atom. The molecule has 0 saturated heterocycles. The fraction of sp³-hybridized carbons (Fsp3) is 0.250. The summed E-state index contributed by atoms with van der Waals surface area (Å²) in [4.78, 5) is 0.106. The Morgan fingerprint density at radius 3 is 2.38 bits per heavy atom. The molecule has 1 atom stereocenters. The van der Waals surface area contributed by atoms with Gasteiger partial charge in [0, 0.05) is 6.26 Å². The van der Waals surface area contributed by atoms with E-state index in [4.69, 9.17) is 0 Å². The van der Waals surface area contributed by atoms with Crippen LogP contribution in [0.3, 0.4) is 0 Å².